The Bertz CT molecular complexity index is 876. The van der Waals surface area contributed by atoms with Crippen LogP contribution in [-0.2, 0) is 0 Å². The zero-order valence-electron chi connectivity index (χ0n) is 12.6. The molecule has 4 rings (SSSR count). The Labute approximate surface area is 138 Å². The van der Waals surface area contributed by atoms with E-state index in [2.05, 4.69) is 29.9 Å². The zero-order chi connectivity index (χ0) is 16.2. The highest BCUT2D eigenvalue weighted by molar-refractivity contribution is 5.66. The van der Waals surface area contributed by atoms with Crippen molar-refractivity contribution in [2.24, 2.45) is 0 Å². The van der Waals surface area contributed by atoms with Crippen molar-refractivity contribution in [3.63, 3.8) is 0 Å². The van der Waals surface area contributed by atoms with Gasteiger partial charge in [0.2, 0.25) is 0 Å². The summed E-state index contributed by atoms with van der Waals surface area (Å²) >= 11 is 0. The van der Waals surface area contributed by atoms with Crippen molar-refractivity contribution in [2.45, 2.75) is 0 Å². The quantitative estimate of drug-likeness (QED) is 0.578. The highest BCUT2D eigenvalue weighted by Gasteiger charge is 2.07. The average molecular weight is 312 g/mol. The van der Waals surface area contributed by atoms with Gasteiger partial charge in [-0.05, 0) is 24.3 Å². The zero-order valence-corrected chi connectivity index (χ0v) is 12.6. The van der Waals surface area contributed by atoms with Gasteiger partial charge < -0.3 is 0 Å². The minimum absolute atomic E-state index is 0.787. The highest BCUT2D eigenvalue weighted by Crippen LogP contribution is 2.23. The molecule has 4 aromatic rings. The van der Waals surface area contributed by atoms with Gasteiger partial charge in [-0.25, -0.2) is 29.9 Å². The number of hydrogen-bond acceptors (Lipinski definition) is 6. The standard InChI is InChI=1S/C18H12N6/c1-3-15(13-7-19-11-20-8-13)23-17(5-1)18-6-2-4-16(24-18)14-9-21-12-22-10-14/h1-12H. The Balaban J connectivity index is 1.75. The van der Waals surface area contributed by atoms with Gasteiger partial charge in [0.25, 0.3) is 0 Å². The minimum atomic E-state index is 0.787. The van der Waals surface area contributed by atoms with Gasteiger partial charge in [0.1, 0.15) is 12.7 Å². The summed E-state index contributed by atoms with van der Waals surface area (Å²) in [6.45, 7) is 0. The summed E-state index contributed by atoms with van der Waals surface area (Å²) in [4.78, 5) is 25.5. The third kappa shape index (κ3) is 2.85. The SMILES string of the molecule is c1cc(-c2cncnc2)nc(-c2cccc(-c3cncnc3)n2)c1. The molecule has 114 valence electrons. The second-order valence-corrected chi connectivity index (χ2v) is 5.07. The first-order chi connectivity index (χ1) is 11.9. The van der Waals surface area contributed by atoms with Gasteiger partial charge in [-0.1, -0.05) is 12.1 Å². The molecule has 0 bridgehead atoms. The van der Waals surface area contributed by atoms with Crippen molar-refractivity contribution in [2.75, 3.05) is 0 Å². The van der Waals surface area contributed by atoms with E-state index >= 15 is 0 Å². The van der Waals surface area contributed by atoms with Crippen molar-refractivity contribution < 1.29 is 0 Å². The molecule has 0 atom stereocenters. The van der Waals surface area contributed by atoms with Gasteiger partial charge >= 0.3 is 0 Å². The van der Waals surface area contributed by atoms with Crippen molar-refractivity contribution in [1.82, 2.24) is 29.9 Å². The summed E-state index contributed by atoms with van der Waals surface area (Å²) in [6, 6.07) is 11.6. The second-order valence-electron chi connectivity index (χ2n) is 5.07. The first-order valence-electron chi connectivity index (χ1n) is 7.35. The van der Waals surface area contributed by atoms with E-state index in [0.717, 1.165) is 33.9 Å². The van der Waals surface area contributed by atoms with Crippen LogP contribution < -0.4 is 0 Å². The number of hydrogen-bond donors (Lipinski definition) is 0. The molecule has 0 spiro atoms. The van der Waals surface area contributed by atoms with E-state index in [0.29, 0.717) is 0 Å². The molecule has 4 heterocycles. The molecule has 0 aliphatic carbocycles. The van der Waals surface area contributed by atoms with Gasteiger partial charge in [0.05, 0.1) is 22.8 Å². The van der Waals surface area contributed by atoms with Gasteiger partial charge in [0.15, 0.2) is 0 Å². The fraction of sp³-hybridized carbons (Fsp3) is 0. The number of aromatic nitrogens is 6. The second kappa shape index (κ2) is 6.29. The predicted molar refractivity (Wildman–Crippen MR) is 89.5 cm³/mol. The summed E-state index contributed by atoms with van der Waals surface area (Å²) in [5, 5.41) is 0. The first-order valence-corrected chi connectivity index (χ1v) is 7.35. The molecule has 4 aromatic heterocycles. The van der Waals surface area contributed by atoms with E-state index in [-0.39, 0.29) is 0 Å². The first kappa shape index (κ1) is 14.1. The molecule has 0 aliphatic rings. The van der Waals surface area contributed by atoms with E-state index in [4.69, 9.17) is 0 Å². The van der Waals surface area contributed by atoms with Crippen LogP contribution in [0.2, 0.25) is 0 Å². The predicted octanol–water partition coefficient (Wildman–Crippen LogP) is 3.06. The van der Waals surface area contributed by atoms with E-state index in [1.165, 1.54) is 12.7 Å². The topological polar surface area (TPSA) is 77.3 Å². The Kier molecular flexibility index (Phi) is 3.69. The molecule has 0 aliphatic heterocycles. The molecule has 0 N–H and O–H groups in total. The smallest absolute Gasteiger partial charge is 0.115 e. The molecule has 0 unspecified atom stereocenters. The van der Waals surface area contributed by atoms with E-state index in [9.17, 15) is 0 Å². The van der Waals surface area contributed by atoms with Crippen LogP contribution in [0.1, 0.15) is 0 Å². The fourth-order valence-corrected chi connectivity index (χ4v) is 2.34. The van der Waals surface area contributed by atoms with Crippen LogP contribution in [0.15, 0.2) is 73.8 Å². The summed E-state index contributed by atoms with van der Waals surface area (Å²) < 4.78 is 0. The van der Waals surface area contributed by atoms with Crippen LogP contribution in [-0.4, -0.2) is 29.9 Å². The lowest BCUT2D eigenvalue weighted by molar-refractivity contribution is 1.15. The monoisotopic (exact) mass is 312 g/mol. The average Bonchev–Trinajstić information content (AvgIpc) is 2.70. The lowest BCUT2D eigenvalue weighted by atomic mass is 10.1. The van der Waals surface area contributed by atoms with Crippen molar-refractivity contribution in [3.05, 3.63) is 73.8 Å². The van der Waals surface area contributed by atoms with Crippen molar-refractivity contribution >= 4 is 0 Å². The van der Waals surface area contributed by atoms with Crippen LogP contribution >= 0.6 is 0 Å². The Morgan fingerprint density at radius 2 is 0.833 bits per heavy atom. The van der Waals surface area contributed by atoms with Gasteiger partial charge in [0, 0.05) is 35.9 Å². The van der Waals surface area contributed by atoms with Crippen LogP contribution in [0.5, 0.6) is 0 Å². The van der Waals surface area contributed by atoms with Crippen LogP contribution in [0.4, 0.5) is 0 Å². The number of pyridine rings is 2. The maximum atomic E-state index is 4.67. The molecule has 0 radical (unpaired) electrons. The van der Waals surface area contributed by atoms with E-state index < -0.39 is 0 Å². The van der Waals surface area contributed by atoms with Crippen molar-refractivity contribution in [1.29, 1.82) is 0 Å². The fourth-order valence-electron chi connectivity index (χ4n) is 2.34. The molecule has 0 saturated heterocycles. The summed E-state index contributed by atoms with van der Waals surface area (Å²) in [6.07, 6.45) is 9.96. The Morgan fingerprint density at radius 3 is 1.25 bits per heavy atom. The van der Waals surface area contributed by atoms with E-state index in [1.807, 2.05) is 36.4 Å². The normalized spacial score (nSPS) is 10.5. The van der Waals surface area contributed by atoms with Crippen molar-refractivity contribution in [3.8, 4) is 33.9 Å². The lowest BCUT2D eigenvalue weighted by Gasteiger charge is -2.06. The molecule has 0 amide bonds. The molecular weight excluding hydrogens is 300 g/mol. The van der Waals surface area contributed by atoms with Crippen LogP contribution in [0, 0.1) is 0 Å². The Hall–Kier alpha value is -3.54. The van der Waals surface area contributed by atoms with Crippen LogP contribution in [0.25, 0.3) is 33.9 Å². The van der Waals surface area contributed by atoms with Gasteiger partial charge in [-0.15, -0.1) is 0 Å². The third-order valence-corrected chi connectivity index (χ3v) is 3.47. The minimum Gasteiger partial charge on any atom is -0.246 e. The number of rotatable bonds is 3. The Morgan fingerprint density at radius 1 is 0.458 bits per heavy atom. The summed E-state index contributed by atoms with van der Waals surface area (Å²) in [5.74, 6) is 0. The molecule has 0 aromatic carbocycles. The maximum absolute atomic E-state index is 4.67. The molecule has 6 nitrogen and oxygen atoms in total. The third-order valence-electron chi connectivity index (χ3n) is 3.47. The van der Waals surface area contributed by atoms with Gasteiger partial charge in [-0.3, -0.25) is 0 Å². The highest BCUT2D eigenvalue weighted by atomic mass is 14.8. The molecule has 0 fully saturated rings. The van der Waals surface area contributed by atoms with Gasteiger partial charge in [-0.2, -0.15) is 0 Å². The number of nitrogens with zero attached hydrogens (tertiary/aromatic N) is 6. The molecular formula is C18H12N6. The van der Waals surface area contributed by atoms with E-state index in [1.54, 1.807) is 24.8 Å². The summed E-state index contributed by atoms with van der Waals surface area (Å²) in [5.41, 5.74) is 4.93. The largest absolute Gasteiger partial charge is 0.246 e. The molecule has 0 saturated carbocycles. The molecule has 6 heteroatoms. The molecule has 24 heavy (non-hydrogen) atoms. The maximum Gasteiger partial charge on any atom is 0.115 e. The lowest BCUT2D eigenvalue weighted by Crippen LogP contribution is -1.93. The summed E-state index contributed by atoms with van der Waals surface area (Å²) in [7, 11) is 0. The van der Waals surface area contributed by atoms with Crippen LogP contribution in [0.3, 0.4) is 0 Å².